The molecule has 1 aromatic carbocycles. The average molecular weight is 320 g/mol. The predicted molar refractivity (Wildman–Crippen MR) is 82.4 cm³/mol. The third-order valence-corrected chi connectivity index (χ3v) is 4.39. The maximum Gasteiger partial charge on any atom is 0.254 e. The van der Waals surface area contributed by atoms with Gasteiger partial charge in [0.05, 0.1) is 18.1 Å². The van der Waals surface area contributed by atoms with Crippen LogP contribution >= 0.6 is 0 Å². The fourth-order valence-corrected chi connectivity index (χ4v) is 3.41. The van der Waals surface area contributed by atoms with Gasteiger partial charge in [-0.15, -0.1) is 0 Å². The summed E-state index contributed by atoms with van der Waals surface area (Å²) in [5.74, 6) is -1.15. The van der Waals surface area contributed by atoms with Gasteiger partial charge in [-0.25, -0.2) is 4.39 Å². The largest absolute Gasteiger partial charge is 0.375 e. The molecular weight excluding hydrogens is 299 g/mol. The Morgan fingerprint density at radius 2 is 2.17 bits per heavy atom. The second kappa shape index (κ2) is 6.28. The molecular formula is C17H21FN2O3. The van der Waals surface area contributed by atoms with Crippen molar-refractivity contribution in [1.29, 1.82) is 0 Å². The third kappa shape index (κ3) is 3.08. The molecule has 3 atom stereocenters. The van der Waals surface area contributed by atoms with Crippen LogP contribution < -0.4 is 5.32 Å². The Balaban J connectivity index is 1.80. The van der Waals surface area contributed by atoms with Gasteiger partial charge in [0.15, 0.2) is 0 Å². The van der Waals surface area contributed by atoms with Crippen molar-refractivity contribution in [3.63, 3.8) is 0 Å². The maximum atomic E-state index is 13.4. The molecule has 0 aromatic heterocycles. The second-order valence-corrected chi connectivity index (χ2v) is 6.43. The number of carbonyl (C=O) groups excluding carboxylic acids is 2. The summed E-state index contributed by atoms with van der Waals surface area (Å²) in [7, 11) is 0. The molecule has 2 heterocycles. The number of fused-ring (bicyclic) bond motifs is 1. The van der Waals surface area contributed by atoms with Gasteiger partial charge >= 0.3 is 0 Å². The molecule has 0 bridgehead atoms. The number of halogens is 1. The Bertz CT molecular complexity index is 620. The van der Waals surface area contributed by atoms with Gasteiger partial charge in [0.1, 0.15) is 5.82 Å². The van der Waals surface area contributed by atoms with E-state index in [1.54, 1.807) is 11.0 Å². The Morgan fingerprint density at radius 3 is 2.87 bits per heavy atom. The highest BCUT2D eigenvalue weighted by Crippen LogP contribution is 2.34. The molecule has 1 aromatic rings. The Kier molecular flexibility index (Phi) is 4.35. The molecule has 23 heavy (non-hydrogen) atoms. The minimum Gasteiger partial charge on any atom is -0.375 e. The van der Waals surface area contributed by atoms with E-state index in [0.717, 1.165) is 0 Å². The van der Waals surface area contributed by atoms with E-state index >= 15 is 0 Å². The van der Waals surface area contributed by atoms with Crippen LogP contribution in [0.5, 0.6) is 0 Å². The van der Waals surface area contributed by atoms with E-state index in [2.05, 4.69) is 5.32 Å². The van der Waals surface area contributed by atoms with Crippen molar-refractivity contribution in [1.82, 2.24) is 10.2 Å². The first kappa shape index (κ1) is 15.9. The molecule has 0 radical (unpaired) electrons. The molecule has 2 aliphatic heterocycles. The summed E-state index contributed by atoms with van der Waals surface area (Å²) in [5, 5.41) is 2.89. The maximum absolute atomic E-state index is 13.4. The van der Waals surface area contributed by atoms with Crippen LogP contribution in [0.2, 0.25) is 0 Å². The van der Waals surface area contributed by atoms with Crippen molar-refractivity contribution in [2.75, 3.05) is 13.2 Å². The molecule has 1 N–H and O–H groups in total. The number of likely N-dealkylation sites (tertiary alicyclic amines) is 1. The number of nitrogens with zero attached hydrogens (tertiary/aromatic N) is 1. The van der Waals surface area contributed by atoms with Crippen molar-refractivity contribution in [2.45, 2.75) is 38.5 Å². The van der Waals surface area contributed by atoms with E-state index in [1.807, 2.05) is 13.8 Å². The number of benzene rings is 1. The number of amides is 2. The smallest absolute Gasteiger partial charge is 0.254 e. The molecule has 5 nitrogen and oxygen atoms in total. The first-order valence-corrected chi connectivity index (χ1v) is 7.96. The van der Waals surface area contributed by atoms with Crippen LogP contribution in [0.15, 0.2) is 24.3 Å². The summed E-state index contributed by atoms with van der Waals surface area (Å²) in [6.07, 6.45) is 0.434. The van der Waals surface area contributed by atoms with Gasteiger partial charge in [0.25, 0.3) is 5.91 Å². The number of carbonyl (C=O) groups is 2. The van der Waals surface area contributed by atoms with Crippen LogP contribution in [-0.4, -0.2) is 48.1 Å². The van der Waals surface area contributed by atoms with Gasteiger partial charge in [-0.1, -0.05) is 6.07 Å². The zero-order valence-electron chi connectivity index (χ0n) is 13.3. The van der Waals surface area contributed by atoms with Gasteiger partial charge in [-0.05, 0) is 38.5 Å². The SMILES string of the molecule is CC(C)NC(=O)C1CN(C(=O)c2cccc(F)c2)C2CCOC12. The lowest BCUT2D eigenvalue weighted by Gasteiger charge is -2.22. The summed E-state index contributed by atoms with van der Waals surface area (Å²) >= 11 is 0. The summed E-state index contributed by atoms with van der Waals surface area (Å²) in [4.78, 5) is 26.7. The summed E-state index contributed by atoms with van der Waals surface area (Å²) in [6.45, 7) is 4.64. The third-order valence-electron chi connectivity index (χ3n) is 4.39. The molecule has 2 saturated heterocycles. The van der Waals surface area contributed by atoms with Crippen LogP contribution in [0.3, 0.4) is 0 Å². The average Bonchev–Trinajstić information content (AvgIpc) is 3.07. The minimum absolute atomic E-state index is 0.0373. The highest BCUT2D eigenvalue weighted by molar-refractivity contribution is 5.95. The van der Waals surface area contributed by atoms with Crippen LogP contribution in [-0.2, 0) is 9.53 Å². The lowest BCUT2D eigenvalue weighted by atomic mass is 10.0. The van der Waals surface area contributed by atoms with Crippen LogP contribution in [0, 0.1) is 11.7 Å². The number of ether oxygens (including phenoxy) is 1. The normalized spacial score (nSPS) is 26.4. The number of rotatable bonds is 3. The molecule has 0 saturated carbocycles. The minimum atomic E-state index is -0.441. The quantitative estimate of drug-likeness (QED) is 0.920. The van der Waals surface area contributed by atoms with E-state index in [9.17, 15) is 14.0 Å². The van der Waals surface area contributed by atoms with Crippen molar-refractivity contribution < 1.29 is 18.7 Å². The summed E-state index contributed by atoms with van der Waals surface area (Å²) < 4.78 is 19.1. The molecule has 124 valence electrons. The predicted octanol–water partition coefficient (Wildman–Crippen LogP) is 1.58. The molecule has 2 fully saturated rings. The first-order chi connectivity index (χ1) is 11.0. The fraction of sp³-hybridized carbons (Fsp3) is 0.529. The molecule has 0 spiro atoms. The summed E-state index contributed by atoms with van der Waals surface area (Å²) in [5.41, 5.74) is 0.306. The van der Waals surface area contributed by atoms with Gasteiger partial charge in [0.2, 0.25) is 5.91 Å². The topological polar surface area (TPSA) is 58.6 Å². The number of hydrogen-bond donors (Lipinski definition) is 1. The van der Waals surface area contributed by atoms with Gasteiger partial charge in [0, 0.05) is 24.8 Å². The molecule has 6 heteroatoms. The highest BCUT2D eigenvalue weighted by Gasteiger charge is 2.50. The Morgan fingerprint density at radius 1 is 1.39 bits per heavy atom. The monoisotopic (exact) mass is 320 g/mol. The molecule has 2 aliphatic rings. The van der Waals surface area contributed by atoms with Gasteiger partial charge < -0.3 is 15.0 Å². The highest BCUT2D eigenvalue weighted by atomic mass is 19.1. The first-order valence-electron chi connectivity index (χ1n) is 7.96. The lowest BCUT2D eigenvalue weighted by Crippen LogP contribution is -2.41. The standard InChI is InChI=1S/C17H21FN2O3/c1-10(2)19-16(21)13-9-20(14-6-7-23-15(13)14)17(22)11-4-3-5-12(18)8-11/h3-5,8,10,13-15H,6-7,9H2,1-2H3,(H,19,21). The zero-order chi connectivity index (χ0) is 16.6. The van der Waals surface area contributed by atoms with E-state index in [4.69, 9.17) is 4.74 Å². The molecule has 0 aliphatic carbocycles. The van der Waals surface area contributed by atoms with E-state index in [1.165, 1.54) is 18.2 Å². The number of nitrogens with one attached hydrogen (secondary N) is 1. The Labute approximate surface area is 134 Å². The van der Waals surface area contributed by atoms with Crippen LogP contribution in [0.4, 0.5) is 4.39 Å². The molecule has 2 amide bonds. The lowest BCUT2D eigenvalue weighted by molar-refractivity contribution is -0.128. The van der Waals surface area contributed by atoms with Crippen molar-refractivity contribution in [3.8, 4) is 0 Å². The van der Waals surface area contributed by atoms with Crippen LogP contribution in [0.25, 0.3) is 0 Å². The van der Waals surface area contributed by atoms with Crippen molar-refractivity contribution >= 4 is 11.8 Å². The second-order valence-electron chi connectivity index (χ2n) is 6.43. The van der Waals surface area contributed by atoms with E-state index in [0.29, 0.717) is 25.1 Å². The zero-order valence-corrected chi connectivity index (χ0v) is 13.3. The molecule has 3 unspecified atom stereocenters. The van der Waals surface area contributed by atoms with Crippen molar-refractivity contribution in [2.24, 2.45) is 5.92 Å². The Hall–Kier alpha value is -1.95. The van der Waals surface area contributed by atoms with E-state index < -0.39 is 5.82 Å². The van der Waals surface area contributed by atoms with Crippen LogP contribution in [0.1, 0.15) is 30.6 Å². The number of hydrogen-bond acceptors (Lipinski definition) is 3. The fourth-order valence-electron chi connectivity index (χ4n) is 3.41. The molecule has 3 rings (SSSR count). The summed E-state index contributed by atoms with van der Waals surface area (Å²) in [6, 6.07) is 5.57. The van der Waals surface area contributed by atoms with Gasteiger partial charge in [-0.3, -0.25) is 9.59 Å². The van der Waals surface area contributed by atoms with Gasteiger partial charge in [-0.2, -0.15) is 0 Å². The van der Waals surface area contributed by atoms with E-state index in [-0.39, 0.29) is 35.9 Å². The van der Waals surface area contributed by atoms with Crippen molar-refractivity contribution in [3.05, 3.63) is 35.6 Å².